The van der Waals surface area contributed by atoms with E-state index >= 15 is 0 Å². The van der Waals surface area contributed by atoms with Gasteiger partial charge in [0.1, 0.15) is 5.82 Å². The maximum atomic E-state index is 11.7. The molecule has 3 rings (SSSR count). The number of carbonyl (C=O) groups is 1. The van der Waals surface area contributed by atoms with Crippen molar-refractivity contribution in [2.45, 2.75) is 20.0 Å². The van der Waals surface area contributed by atoms with Gasteiger partial charge in [-0.25, -0.2) is 9.78 Å². The molecule has 5 nitrogen and oxygen atoms in total. The molecule has 0 bridgehead atoms. The predicted octanol–water partition coefficient (Wildman–Crippen LogP) is 2.01. The summed E-state index contributed by atoms with van der Waals surface area (Å²) in [5.41, 5.74) is 2.12. The lowest BCUT2D eigenvalue weighted by atomic mass is 10.3. The van der Waals surface area contributed by atoms with Crippen molar-refractivity contribution in [1.29, 1.82) is 0 Å². The SMILES string of the molecule is CCOC(=O)N1CCn2c(nc3ccccc32)C1. The van der Waals surface area contributed by atoms with Gasteiger partial charge < -0.3 is 9.30 Å². The van der Waals surface area contributed by atoms with Gasteiger partial charge in [0.25, 0.3) is 0 Å². The van der Waals surface area contributed by atoms with Crippen LogP contribution < -0.4 is 0 Å². The molecule has 0 saturated heterocycles. The second-order valence-corrected chi connectivity index (χ2v) is 4.29. The van der Waals surface area contributed by atoms with Gasteiger partial charge in [-0.3, -0.25) is 4.90 Å². The van der Waals surface area contributed by atoms with E-state index in [4.69, 9.17) is 4.74 Å². The standard InChI is InChI=1S/C13H15N3O2/c1-2-18-13(17)15-7-8-16-11-6-4-3-5-10(11)14-12(16)9-15/h3-6H,2,7-9H2,1H3. The van der Waals surface area contributed by atoms with Crippen LogP contribution in [-0.2, 0) is 17.8 Å². The Morgan fingerprint density at radius 2 is 2.22 bits per heavy atom. The minimum atomic E-state index is -0.254. The number of imidazole rings is 1. The van der Waals surface area contributed by atoms with E-state index in [-0.39, 0.29) is 6.09 Å². The van der Waals surface area contributed by atoms with Crippen molar-refractivity contribution in [3.05, 3.63) is 30.1 Å². The van der Waals surface area contributed by atoms with Crippen LogP contribution in [0.25, 0.3) is 11.0 Å². The lowest BCUT2D eigenvalue weighted by Gasteiger charge is -2.27. The maximum absolute atomic E-state index is 11.7. The monoisotopic (exact) mass is 245 g/mol. The summed E-state index contributed by atoms with van der Waals surface area (Å²) < 4.78 is 7.19. The van der Waals surface area contributed by atoms with Crippen LogP contribution in [0.1, 0.15) is 12.7 Å². The number of amides is 1. The van der Waals surface area contributed by atoms with Gasteiger partial charge in [-0.05, 0) is 19.1 Å². The first-order chi connectivity index (χ1) is 8.79. The van der Waals surface area contributed by atoms with E-state index in [0.29, 0.717) is 19.7 Å². The second kappa shape index (κ2) is 4.33. The molecule has 0 fully saturated rings. The molecule has 1 aliphatic rings. The van der Waals surface area contributed by atoms with Crippen molar-refractivity contribution in [2.24, 2.45) is 0 Å². The Bertz CT molecular complexity index is 591. The Balaban J connectivity index is 1.91. The number of hydrogen-bond acceptors (Lipinski definition) is 3. The highest BCUT2D eigenvalue weighted by Gasteiger charge is 2.23. The number of rotatable bonds is 1. The zero-order chi connectivity index (χ0) is 12.5. The van der Waals surface area contributed by atoms with Crippen molar-refractivity contribution in [3.63, 3.8) is 0 Å². The van der Waals surface area contributed by atoms with Crippen LogP contribution in [0.3, 0.4) is 0 Å². The highest BCUT2D eigenvalue weighted by Crippen LogP contribution is 2.20. The summed E-state index contributed by atoms with van der Waals surface area (Å²) in [6.07, 6.45) is -0.254. The molecule has 0 atom stereocenters. The minimum Gasteiger partial charge on any atom is -0.450 e. The van der Waals surface area contributed by atoms with Crippen LogP contribution in [-0.4, -0.2) is 33.7 Å². The zero-order valence-electron chi connectivity index (χ0n) is 10.3. The fraction of sp³-hybridized carbons (Fsp3) is 0.385. The molecule has 2 aromatic rings. The topological polar surface area (TPSA) is 47.4 Å². The summed E-state index contributed by atoms with van der Waals surface area (Å²) >= 11 is 0. The van der Waals surface area contributed by atoms with E-state index in [1.54, 1.807) is 4.90 Å². The quantitative estimate of drug-likeness (QED) is 0.772. The van der Waals surface area contributed by atoms with Crippen LogP contribution in [0, 0.1) is 0 Å². The highest BCUT2D eigenvalue weighted by molar-refractivity contribution is 5.76. The summed E-state index contributed by atoms with van der Waals surface area (Å²) in [4.78, 5) is 17.9. The molecule has 1 amide bonds. The van der Waals surface area contributed by atoms with E-state index in [0.717, 1.165) is 23.4 Å². The lowest BCUT2D eigenvalue weighted by Crippen LogP contribution is -2.38. The number of benzene rings is 1. The van der Waals surface area contributed by atoms with Gasteiger partial charge in [-0.15, -0.1) is 0 Å². The second-order valence-electron chi connectivity index (χ2n) is 4.29. The van der Waals surface area contributed by atoms with E-state index in [1.807, 2.05) is 25.1 Å². The molecule has 0 spiro atoms. The summed E-state index contributed by atoms with van der Waals surface area (Å²) in [5, 5.41) is 0. The molecule has 1 aromatic heterocycles. The van der Waals surface area contributed by atoms with Gasteiger partial charge >= 0.3 is 6.09 Å². The summed E-state index contributed by atoms with van der Waals surface area (Å²) in [6, 6.07) is 8.04. The Morgan fingerprint density at radius 1 is 1.39 bits per heavy atom. The third-order valence-electron chi connectivity index (χ3n) is 3.19. The molecule has 2 heterocycles. The summed E-state index contributed by atoms with van der Waals surface area (Å²) in [6.45, 7) is 4.19. The van der Waals surface area contributed by atoms with Gasteiger partial charge in [0.05, 0.1) is 24.2 Å². The molecule has 0 N–H and O–H groups in total. The van der Waals surface area contributed by atoms with Crippen molar-refractivity contribution >= 4 is 17.1 Å². The van der Waals surface area contributed by atoms with E-state index in [9.17, 15) is 4.79 Å². The highest BCUT2D eigenvalue weighted by atomic mass is 16.6. The maximum Gasteiger partial charge on any atom is 0.410 e. The van der Waals surface area contributed by atoms with Gasteiger partial charge in [-0.1, -0.05) is 12.1 Å². The molecule has 1 aliphatic heterocycles. The molecule has 5 heteroatoms. The normalized spacial score (nSPS) is 14.6. The van der Waals surface area contributed by atoms with Crippen molar-refractivity contribution in [3.8, 4) is 0 Å². The zero-order valence-corrected chi connectivity index (χ0v) is 10.3. The molecular weight excluding hydrogens is 230 g/mol. The molecule has 94 valence electrons. The lowest BCUT2D eigenvalue weighted by molar-refractivity contribution is 0.0966. The Morgan fingerprint density at radius 3 is 3.06 bits per heavy atom. The first kappa shape index (κ1) is 11.1. The average molecular weight is 245 g/mol. The molecule has 0 unspecified atom stereocenters. The molecule has 0 radical (unpaired) electrons. The molecule has 0 saturated carbocycles. The Hall–Kier alpha value is -2.04. The minimum absolute atomic E-state index is 0.254. The van der Waals surface area contributed by atoms with Crippen LogP contribution >= 0.6 is 0 Å². The summed E-state index contributed by atoms with van der Waals surface area (Å²) in [7, 11) is 0. The van der Waals surface area contributed by atoms with Crippen LogP contribution in [0.15, 0.2) is 24.3 Å². The number of para-hydroxylation sites is 2. The smallest absolute Gasteiger partial charge is 0.410 e. The first-order valence-corrected chi connectivity index (χ1v) is 6.15. The molecule has 0 aliphatic carbocycles. The van der Waals surface area contributed by atoms with E-state index in [2.05, 4.69) is 15.6 Å². The molecule has 18 heavy (non-hydrogen) atoms. The van der Waals surface area contributed by atoms with Gasteiger partial charge in [0, 0.05) is 13.1 Å². The Kier molecular flexibility index (Phi) is 2.66. The number of hydrogen-bond donors (Lipinski definition) is 0. The average Bonchev–Trinajstić information content (AvgIpc) is 2.76. The van der Waals surface area contributed by atoms with Gasteiger partial charge in [-0.2, -0.15) is 0 Å². The fourth-order valence-corrected chi connectivity index (χ4v) is 2.34. The van der Waals surface area contributed by atoms with E-state index < -0.39 is 0 Å². The van der Waals surface area contributed by atoms with Crippen molar-refractivity contribution in [2.75, 3.05) is 13.2 Å². The molecular formula is C13H15N3O2. The van der Waals surface area contributed by atoms with Gasteiger partial charge in [0.2, 0.25) is 0 Å². The number of carbonyl (C=O) groups excluding carboxylic acids is 1. The van der Waals surface area contributed by atoms with Crippen LogP contribution in [0.5, 0.6) is 0 Å². The van der Waals surface area contributed by atoms with Crippen LogP contribution in [0.2, 0.25) is 0 Å². The predicted molar refractivity (Wildman–Crippen MR) is 67.2 cm³/mol. The van der Waals surface area contributed by atoms with Crippen LogP contribution in [0.4, 0.5) is 4.79 Å². The fourth-order valence-electron chi connectivity index (χ4n) is 2.34. The van der Waals surface area contributed by atoms with E-state index in [1.165, 1.54) is 0 Å². The largest absolute Gasteiger partial charge is 0.450 e. The van der Waals surface area contributed by atoms with Crippen molar-refractivity contribution in [1.82, 2.24) is 14.5 Å². The number of nitrogens with zero attached hydrogens (tertiary/aromatic N) is 3. The third kappa shape index (κ3) is 1.72. The van der Waals surface area contributed by atoms with Crippen molar-refractivity contribution < 1.29 is 9.53 Å². The Labute approximate surface area is 105 Å². The number of ether oxygens (including phenoxy) is 1. The first-order valence-electron chi connectivity index (χ1n) is 6.15. The third-order valence-corrected chi connectivity index (χ3v) is 3.19. The summed E-state index contributed by atoms with van der Waals surface area (Å²) in [5.74, 6) is 0.926. The van der Waals surface area contributed by atoms with Gasteiger partial charge in [0.15, 0.2) is 0 Å². The number of aromatic nitrogens is 2. The number of fused-ring (bicyclic) bond motifs is 3. The molecule has 1 aromatic carbocycles.